The van der Waals surface area contributed by atoms with Gasteiger partial charge in [-0.25, -0.2) is 0 Å². The third-order valence-corrected chi connectivity index (χ3v) is 3.15. The highest BCUT2D eigenvalue weighted by molar-refractivity contribution is 5.35. The zero-order chi connectivity index (χ0) is 11.5. The largest absolute Gasteiger partial charge is 0.385 e. The summed E-state index contributed by atoms with van der Waals surface area (Å²) in [4.78, 5) is 0. The second-order valence-electron chi connectivity index (χ2n) is 4.15. The van der Waals surface area contributed by atoms with Crippen molar-refractivity contribution in [2.24, 2.45) is 5.92 Å². The van der Waals surface area contributed by atoms with E-state index in [2.05, 4.69) is 6.07 Å². The maximum absolute atomic E-state index is 10.4. The van der Waals surface area contributed by atoms with Gasteiger partial charge in [0.1, 0.15) is 0 Å². The second kappa shape index (κ2) is 4.46. The molecule has 2 nitrogen and oxygen atoms in total. The summed E-state index contributed by atoms with van der Waals surface area (Å²) >= 11 is 0. The fourth-order valence-corrected chi connectivity index (χ4v) is 1.59. The van der Waals surface area contributed by atoms with E-state index in [1.807, 2.05) is 26.0 Å². The Labute approximate surface area is 91.2 Å². The Morgan fingerprint density at radius 1 is 1.53 bits per heavy atom. The Balaban J connectivity index is 3.10. The second-order valence-corrected chi connectivity index (χ2v) is 4.15. The van der Waals surface area contributed by atoms with E-state index >= 15 is 0 Å². The van der Waals surface area contributed by atoms with Gasteiger partial charge < -0.3 is 5.11 Å². The van der Waals surface area contributed by atoms with Crippen LogP contribution in [-0.2, 0) is 5.60 Å². The van der Waals surface area contributed by atoms with Crippen LogP contribution in [0, 0.1) is 17.2 Å². The molecule has 0 saturated heterocycles. The Kier molecular flexibility index (Phi) is 3.49. The van der Waals surface area contributed by atoms with Gasteiger partial charge in [0.05, 0.1) is 17.2 Å². The molecule has 0 saturated carbocycles. The first-order valence-corrected chi connectivity index (χ1v) is 5.25. The molecule has 0 aliphatic rings. The minimum absolute atomic E-state index is 0.173. The number of aliphatic hydroxyl groups is 1. The number of benzene rings is 1. The molecule has 1 aromatic rings. The molecule has 0 amide bonds. The Morgan fingerprint density at radius 3 is 2.73 bits per heavy atom. The molecular weight excluding hydrogens is 186 g/mol. The van der Waals surface area contributed by atoms with Crippen LogP contribution in [-0.4, -0.2) is 5.11 Å². The first-order valence-electron chi connectivity index (χ1n) is 5.25. The molecule has 0 fully saturated rings. The normalized spacial score (nSPS) is 16.5. The molecule has 15 heavy (non-hydrogen) atoms. The molecule has 1 rings (SSSR count). The number of rotatable bonds is 3. The molecule has 0 heterocycles. The van der Waals surface area contributed by atoms with E-state index < -0.39 is 5.60 Å². The van der Waals surface area contributed by atoms with Gasteiger partial charge in [-0.3, -0.25) is 0 Å². The monoisotopic (exact) mass is 203 g/mol. The number of nitrogens with zero attached hydrogens (tertiary/aromatic N) is 1. The minimum atomic E-state index is -0.860. The summed E-state index contributed by atoms with van der Waals surface area (Å²) in [7, 11) is 0. The fourth-order valence-electron chi connectivity index (χ4n) is 1.59. The Hall–Kier alpha value is -1.33. The summed E-state index contributed by atoms with van der Waals surface area (Å²) in [6, 6.07) is 9.27. The first kappa shape index (κ1) is 11.7. The topological polar surface area (TPSA) is 44.0 Å². The van der Waals surface area contributed by atoms with Crippen molar-refractivity contribution >= 4 is 0 Å². The number of nitriles is 1. The molecule has 80 valence electrons. The van der Waals surface area contributed by atoms with Crippen molar-refractivity contribution in [3.8, 4) is 6.07 Å². The van der Waals surface area contributed by atoms with Crippen molar-refractivity contribution in [1.82, 2.24) is 0 Å². The highest BCUT2D eigenvalue weighted by atomic mass is 16.3. The van der Waals surface area contributed by atoms with Gasteiger partial charge in [0.25, 0.3) is 0 Å². The van der Waals surface area contributed by atoms with Crippen LogP contribution in [0.2, 0.25) is 0 Å². The van der Waals surface area contributed by atoms with Crippen molar-refractivity contribution < 1.29 is 5.11 Å². The predicted molar refractivity (Wildman–Crippen MR) is 60.2 cm³/mol. The van der Waals surface area contributed by atoms with Crippen LogP contribution in [0.25, 0.3) is 0 Å². The summed E-state index contributed by atoms with van der Waals surface area (Å²) in [5, 5.41) is 19.2. The zero-order valence-electron chi connectivity index (χ0n) is 9.49. The highest BCUT2D eigenvalue weighted by Gasteiger charge is 2.29. The van der Waals surface area contributed by atoms with Crippen molar-refractivity contribution in [1.29, 1.82) is 5.26 Å². The van der Waals surface area contributed by atoms with E-state index in [4.69, 9.17) is 5.26 Å². The summed E-state index contributed by atoms with van der Waals surface area (Å²) in [6.45, 7) is 5.87. The number of hydrogen-bond donors (Lipinski definition) is 1. The lowest BCUT2D eigenvalue weighted by atomic mass is 9.82. The quantitative estimate of drug-likeness (QED) is 0.821. The van der Waals surface area contributed by atoms with Crippen molar-refractivity contribution in [2.45, 2.75) is 32.8 Å². The third kappa shape index (κ3) is 2.37. The maximum Gasteiger partial charge on any atom is 0.0991 e. The van der Waals surface area contributed by atoms with E-state index in [0.717, 1.165) is 12.0 Å². The van der Waals surface area contributed by atoms with Crippen LogP contribution in [0.1, 0.15) is 38.3 Å². The van der Waals surface area contributed by atoms with E-state index in [-0.39, 0.29) is 5.92 Å². The molecule has 0 aliphatic heterocycles. The average molecular weight is 203 g/mol. The Morgan fingerprint density at radius 2 is 2.20 bits per heavy atom. The molecule has 2 heteroatoms. The number of hydrogen-bond acceptors (Lipinski definition) is 2. The molecule has 1 N–H and O–H groups in total. The molecule has 0 radical (unpaired) electrons. The van der Waals surface area contributed by atoms with E-state index in [9.17, 15) is 5.11 Å². The van der Waals surface area contributed by atoms with Crippen LogP contribution in [0.15, 0.2) is 24.3 Å². The van der Waals surface area contributed by atoms with E-state index in [0.29, 0.717) is 5.56 Å². The average Bonchev–Trinajstić information content (AvgIpc) is 2.27. The molecule has 1 aromatic carbocycles. The fraction of sp³-hybridized carbons (Fsp3) is 0.462. The van der Waals surface area contributed by atoms with Crippen LogP contribution < -0.4 is 0 Å². The summed E-state index contributed by atoms with van der Waals surface area (Å²) in [5.41, 5.74) is 0.550. The Bertz CT molecular complexity index is 376. The lowest BCUT2D eigenvalue weighted by molar-refractivity contribution is 0.000000730. The summed E-state index contributed by atoms with van der Waals surface area (Å²) < 4.78 is 0. The van der Waals surface area contributed by atoms with Crippen molar-refractivity contribution in [2.75, 3.05) is 0 Å². The molecule has 2 atom stereocenters. The van der Waals surface area contributed by atoms with E-state index in [1.165, 1.54) is 0 Å². The van der Waals surface area contributed by atoms with Gasteiger partial charge in [0.15, 0.2) is 0 Å². The van der Waals surface area contributed by atoms with Crippen molar-refractivity contribution in [3.05, 3.63) is 35.4 Å². The molecule has 0 bridgehead atoms. The van der Waals surface area contributed by atoms with Crippen molar-refractivity contribution in [3.63, 3.8) is 0 Å². The highest BCUT2D eigenvalue weighted by Crippen LogP contribution is 2.31. The third-order valence-electron chi connectivity index (χ3n) is 3.15. The standard InChI is InChI=1S/C13H17NO/c1-4-10(2)13(3,15)12-7-5-6-11(8-12)9-14/h5-8,10,15H,4H2,1-3H3. The van der Waals surface area contributed by atoms with Crippen LogP contribution in [0.5, 0.6) is 0 Å². The van der Waals surface area contributed by atoms with Crippen LogP contribution in [0.3, 0.4) is 0 Å². The van der Waals surface area contributed by atoms with Gasteiger partial charge in [0.2, 0.25) is 0 Å². The van der Waals surface area contributed by atoms with E-state index in [1.54, 1.807) is 19.1 Å². The molecule has 0 aliphatic carbocycles. The van der Waals surface area contributed by atoms with Gasteiger partial charge in [-0.1, -0.05) is 32.4 Å². The smallest absolute Gasteiger partial charge is 0.0991 e. The SMILES string of the molecule is CCC(C)C(C)(O)c1cccc(C#N)c1. The summed E-state index contributed by atoms with van der Waals surface area (Å²) in [6.07, 6.45) is 0.907. The van der Waals surface area contributed by atoms with Gasteiger partial charge >= 0.3 is 0 Å². The predicted octanol–water partition coefficient (Wildman–Crippen LogP) is 2.81. The van der Waals surface area contributed by atoms with Gasteiger partial charge in [-0.05, 0) is 30.5 Å². The van der Waals surface area contributed by atoms with Crippen LogP contribution >= 0.6 is 0 Å². The van der Waals surface area contributed by atoms with Gasteiger partial charge in [-0.2, -0.15) is 5.26 Å². The molecule has 2 unspecified atom stereocenters. The molecular formula is C13H17NO. The molecule has 0 aromatic heterocycles. The molecule has 0 spiro atoms. The lowest BCUT2D eigenvalue weighted by Crippen LogP contribution is -2.29. The van der Waals surface area contributed by atoms with Gasteiger partial charge in [-0.15, -0.1) is 0 Å². The first-order chi connectivity index (χ1) is 7.02. The lowest BCUT2D eigenvalue weighted by Gasteiger charge is -2.30. The maximum atomic E-state index is 10.4. The van der Waals surface area contributed by atoms with Crippen LogP contribution in [0.4, 0.5) is 0 Å². The zero-order valence-corrected chi connectivity index (χ0v) is 9.49. The minimum Gasteiger partial charge on any atom is -0.385 e. The summed E-state index contributed by atoms with van der Waals surface area (Å²) in [5.74, 6) is 0.173. The van der Waals surface area contributed by atoms with Gasteiger partial charge in [0, 0.05) is 0 Å².